The summed E-state index contributed by atoms with van der Waals surface area (Å²) < 4.78 is 38.6. The van der Waals surface area contributed by atoms with Gasteiger partial charge in [-0.15, -0.1) is 0 Å². The van der Waals surface area contributed by atoms with E-state index in [9.17, 15) is 13.6 Å². The molecule has 2 heterocycles. The highest BCUT2D eigenvalue weighted by atomic mass is 19.1. The number of nitrogens with one attached hydrogen (secondary N) is 1. The van der Waals surface area contributed by atoms with Crippen LogP contribution in [0.2, 0.25) is 0 Å². The first-order valence-electron chi connectivity index (χ1n) is 8.12. The van der Waals surface area contributed by atoms with Gasteiger partial charge in [-0.2, -0.15) is 5.16 Å². The van der Waals surface area contributed by atoms with Gasteiger partial charge < -0.3 is 9.26 Å². The molecule has 1 fully saturated rings. The fraction of sp³-hybridized carbons (Fsp3) is 0.278. The Hall–Kier alpha value is -3.03. The summed E-state index contributed by atoms with van der Waals surface area (Å²) in [5.74, 6) is -0.642. The SMILES string of the molecule is Cc1cc(F)c(C2CC(Oc3cnc(-c4cc(=O)[nH]o4)cn3)C2)c(F)c1. The lowest BCUT2D eigenvalue weighted by atomic mass is 9.77. The Morgan fingerprint density at radius 3 is 2.46 bits per heavy atom. The van der Waals surface area contributed by atoms with Crippen molar-refractivity contribution in [1.29, 1.82) is 0 Å². The van der Waals surface area contributed by atoms with Crippen molar-refractivity contribution in [1.82, 2.24) is 15.1 Å². The molecular formula is C18H15F2N3O3. The third-order valence-electron chi connectivity index (χ3n) is 4.42. The molecule has 2 aromatic heterocycles. The van der Waals surface area contributed by atoms with E-state index in [0.29, 0.717) is 30.0 Å². The van der Waals surface area contributed by atoms with Gasteiger partial charge in [0.2, 0.25) is 5.88 Å². The summed E-state index contributed by atoms with van der Waals surface area (Å²) in [6.07, 6.45) is 3.69. The van der Waals surface area contributed by atoms with E-state index >= 15 is 0 Å². The number of hydrogen-bond donors (Lipinski definition) is 1. The van der Waals surface area contributed by atoms with Crippen LogP contribution in [0.3, 0.4) is 0 Å². The van der Waals surface area contributed by atoms with Crippen LogP contribution in [0.4, 0.5) is 8.78 Å². The normalized spacial score (nSPS) is 19.2. The van der Waals surface area contributed by atoms with Gasteiger partial charge in [-0.25, -0.2) is 18.7 Å². The molecule has 1 N–H and O–H groups in total. The second kappa shape index (κ2) is 6.36. The minimum absolute atomic E-state index is 0.124. The van der Waals surface area contributed by atoms with E-state index in [-0.39, 0.29) is 28.9 Å². The van der Waals surface area contributed by atoms with Gasteiger partial charge in [-0.1, -0.05) is 0 Å². The summed E-state index contributed by atoms with van der Waals surface area (Å²) in [4.78, 5) is 19.3. The topological polar surface area (TPSA) is 81.0 Å². The smallest absolute Gasteiger partial charge is 0.280 e. The maximum Gasteiger partial charge on any atom is 0.280 e. The second-order valence-electron chi connectivity index (χ2n) is 6.37. The molecule has 6 nitrogen and oxygen atoms in total. The molecular weight excluding hydrogens is 344 g/mol. The highest BCUT2D eigenvalue weighted by Crippen LogP contribution is 2.41. The Labute approximate surface area is 146 Å². The fourth-order valence-electron chi connectivity index (χ4n) is 3.08. The molecule has 134 valence electrons. The molecule has 0 amide bonds. The molecule has 0 aliphatic heterocycles. The first-order chi connectivity index (χ1) is 12.5. The van der Waals surface area contributed by atoms with Gasteiger partial charge in [-0.05, 0) is 43.4 Å². The van der Waals surface area contributed by atoms with Crippen molar-refractivity contribution in [2.75, 3.05) is 0 Å². The number of hydrogen-bond acceptors (Lipinski definition) is 5. The molecule has 0 atom stereocenters. The molecule has 1 saturated carbocycles. The zero-order chi connectivity index (χ0) is 18.3. The van der Waals surface area contributed by atoms with Crippen molar-refractivity contribution < 1.29 is 18.0 Å². The van der Waals surface area contributed by atoms with Crippen LogP contribution < -0.4 is 10.3 Å². The standard InChI is InChI=1S/C18H15F2N3O3/c1-9-2-12(19)18(13(20)3-9)10-4-11(5-10)25-17-8-21-14(7-22-17)15-6-16(24)23-26-15/h2-3,6-8,10-11H,4-5H2,1H3,(H,23,24). The van der Waals surface area contributed by atoms with Crippen molar-refractivity contribution in [3.63, 3.8) is 0 Å². The summed E-state index contributed by atoms with van der Waals surface area (Å²) in [6.45, 7) is 1.66. The first-order valence-corrected chi connectivity index (χ1v) is 8.12. The van der Waals surface area contributed by atoms with E-state index in [1.807, 2.05) is 0 Å². The highest BCUT2D eigenvalue weighted by molar-refractivity contribution is 5.49. The quantitative estimate of drug-likeness (QED) is 0.773. The monoisotopic (exact) mass is 359 g/mol. The fourth-order valence-corrected chi connectivity index (χ4v) is 3.08. The number of halogens is 2. The van der Waals surface area contributed by atoms with Crippen LogP contribution in [-0.2, 0) is 0 Å². The van der Waals surface area contributed by atoms with Gasteiger partial charge in [0.05, 0.1) is 18.5 Å². The third kappa shape index (κ3) is 3.10. The minimum Gasteiger partial charge on any atom is -0.473 e. The Kier molecular flexibility index (Phi) is 4.02. The van der Waals surface area contributed by atoms with Crippen molar-refractivity contribution in [2.24, 2.45) is 0 Å². The Bertz CT molecular complexity index is 968. The number of H-pyrrole nitrogens is 1. The summed E-state index contributed by atoms with van der Waals surface area (Å²) in [5, 5.41) is 2.17. The summed E-state index contributed by atoms with van der Waals surface area (Å²) in [7, 11) is 0. The summed E-state index contributed by atoms with van der Waals surface area (Å²) >= 11 is 0. The van der Waals surface area contributed by atoms with Crippen LogP contribution in [0.25, 0.3) is 11.5 Å². The number of aromatic amines is 1. The number of ether oxygens (including phenoxy) is 1. The average Bonchev–Trinajstić information content (AvgIpc) is 2.98. The number of aromatic nitrogens is 3. The van der Waals surface area contributed by atoms with Crippen LogP contribution >= 0.6 is 0 Å². The Morgan fingerprint density at radius 1 is 1.15 bits per heavy atom. The van der Waals surface area contributed by atoms with Gasteiger partial charge in [-0.3, -0.25) is 4.79 Å². The highest BCUT2D eigenvalue weighted by Gasteiger charge is 2.36. The second-order valence-corrected chi connectivity index (χ2v) is 6.37. The van der Waals surface area contributed by atoms with Crippen LogP contribution in [0.1, 0.15) is 29.9 Å². The minimum atomic E-state index is -0.511. The van der Waals surface area contributed by atoms with Gasteiger partial charge in [0.1, 0.15) is 23.4 Å². The first kappa shape index (κ1) is 16.4. The number of benzene rings is 1. The largest absolute Gasteiger partial charge is 0.473 e. The number of nitrogens with zero attached hydrogens (tertiary/aromatic N) is 2. The van der Waals surface area contributed by atoms with Crippen LogP contribution in [-0.4, -0.2) is 21.2 Å². The summed E-state index contributed by atoms with van der Waals surface area (Å²) in [6, 6.07) is 3.96. The zero-order valence-corrected chi connectivity index (χ0v) is 13.8. The predicted molar refractivity (Wildman–Crippen MR) is 87.8 cm³/mol. The van der Waals surface area contributed by atoms with Crippen molar-refractivity contribution in [3.8, 4) is 17.3 Å². The van der Waals surface area contributed by atoms with E-state index in [1.165, 1.54) is 30.6 Å². The molecule has 1 aliphatic rings. The number of aryl methyl sites for hydroxylation is 1. The van der Waals surface area contributed by atoms with Crippen LogP contribution in [0.15, 0.2) is 39.9 Å². The molecule has 1 aliphatic carbocycles. The molecule has 0 spiro atoms. The molecule has 4 rings (SSSR count). The lowest BCUT2D eigenvalue weighted by molar-refractivity contribution is 0.0904. The van der Waals surface area contributed by atoms with E-state index in [4.69, 9.17) is 9.26 Å². The summed E-state index contributed by atoms with van der Waals surface area (Å²) in [5.41, 5.74) is 0.716. The van der Waals surface area contributed by atoms with E-state index in [0.717, 1.165) is 0 Å². The van der Waals surface area contributed by atoms with E-state index in [1.54, 1.807) is 6.92 Å². The van der Waals surface area contributed by atoms with Crippen molar-refractivity contribution >= 4 is 0 Å². The maximum absolute atomic E-state index is 14.0. The van der Waals surface area contributed by atoms with Gasteiger partial charge in [0.15, 0.2) is 5.76 Å². The molecule has 26 heavy (non-hydrogen) atoms. The van der Waals surface area contributed by atoms with Crippen molar-refractivity contribution in [2.45, 2.75) is 31.8 Å². The van der Waals surface area contributed by atoms with Gasteiger partial charge >= 0.3 is 0 Å². The maximum atomic E-state index is 14.0. The Morgan fingerprint density at radius 2 is 1.88 bits per heavy atom. The van der Waals surface area contributed by atoms with Crippen molar-refractivity contribution in [3.05, 3.63) is 63.7 Å². The van der Waals surface area contributed by atoms with E-state index < -0.39 is 11.6 Å². The predicted octanol–water partition coefficient (Wildman–Crippen LogP) is 3.34. The Balaban J connectivity index is 1.39. The van der Waals surface area contributed by atoms with Crippen LogP contribution in [0, 0.1) is 18.6 Å². The third-order valence-corrected chi connectivity index (χ3v) is 4.42. The average molecular weight is 359 g/mol. The molecule has 0 radical (unpaired) electrons. The zero-order valence-electron chi connectivity index (χ0n) is 13.8. The molecule has 8 heteroatoms. The van der Waals surface area contributed by atoms with Gasteiger partial charge in [0, 0.05) is 5.56 Å². The molecule has 0 bridgehead atoms. The molecule has 1 aromatic carbocycles. The lowest BCUT2D eigenvalue weighted by Crippen LogP contribution is -2.33. The lowest BCUT2D eigenvalue weighted by Gasteiger charge is -2.35. The molecule has 0 saturated heterocycles. The van der Waals surface area contributed by atoms with Crippen LogP contribution in [0.5, 0.6) is 5.88 Å². The molecule has 0 unspecified atom stereocenters. The number of rotatable bonds is 4. The van der Waals surface area contributed by atoms with E-state index in [2.05, 4.69) is 15.1 Å². The van der Waals surface area contributed by atoms with Gasteiger partial charge in [0.25, 0.3) is 5.56 Å². The molecule has 3 aromatic rings.